The highest BCUT2D eigenvalue weighted by atomic mass is 35.5. The summed E-state index contributed by atoms with van der Waals surface area (Å²) in [5.74, 6) is 0.435. The average molecular weight is 318 g/mol. The Balaban J connectivity index is 2.46. The molecule has 0 aliphatic rings. The minimum Gasteiger partial charge on any atom is -0.494 e. The zero-order chi connectivity index (χ0) is 15.4. The Morgan fingerprint density at radius 2 is 1.71 bits per heavy atom. The number of nitriles is 1. The van der Waals surface area contributed by atoms with Gasteiger partial charge in [0, 0.05) is 0 Å². The van der Waals surface area contributed by atoms with Crippen LogP contribution in [0.4, 0.5) is 0 Å². The van der Waals surface area contributed by atoms with Crippen molar-refractivity contribution >= 4 is 34.9 Å². The second-order valence-electron chi connectivity index (χ2n) is 4.55. The first-order valence-corrected chi connectivity index (χ1v) is 7.02. The molecule has 21 heavy (non-hydrogen) atoms. The first kappa shape index (κ1) is 15.4. The topological polar surface area (TPSA) is 33.0 Å². The fourth-order valence-electron chi connectivity index (χ4n) is 1.94. The first-order valence-electron chi connectivity index (χ1n) is 6.27. The number of halogens is 2. The summed E-state index contributed by atoms with van der Waals surface area (Å²) in [5.41, 5.74) is 3.30. The van der Waals surface area contributed by atoms with Gasteiger partial charge in [-0.1, -0.05) is 53.0 Å². The van der Waals surface area contributed by atoms with Gasteiger partial charge in [0.1, 0.15) is 0 Å². The Labute approximate surface area is 134 Å². The van der Waals surface area contributed by atoms with Gasteiger partial charge in [-0.2, -0.15) is 5.26 Å². The fraction of sp³-hybridized carbons (Fsp3) is 0.118. The Kier molecular flexibility index (Phi) is 4.90. The molecule has 0 atom stereocenters. The lowest BCUT2D eigenvalue weighted by Crippen LogP contribution is -1.88. The zero-order valence-electron chi connectivity index (χ0n) is 11.7. The third-order valence-electron chi connectivity index (χ3n) is 3.02. The Morgan fingerprint density at radius 1 is 1.14 bits per heavy atom. The van der Waals surface area contributed by atoms with Gasteiger partial charge in [0.05, 0.1) is 28.8 Å². The van der Waals surface area contributed by atoms with Crippen LogP contribution in [0.5, 0.6) is 5.75 Å². The molecule has 2 nitrogen and oxygen atoms in total. The Hall–Kier alpha value is -1.95. The van der Waals surface area contributed by atoms with E-state index in [0.717, 1.165) is 16.7 Å². The summed E-state index contributed by atoms with van der Waals surface area (Å²) in [7, 11) is 1.51. The summed E-state index contributed by atoms with van der Waals surface area (Å²) in [6, 6.07) is 13.4. The van der Waals surface area contributed by atoms with Gasteiger partial charge in [0.15, 0.2) is 5.75 Å². The molecule has 0 aliphatic heterocycles. The first-order chi connectivity index (χ1) is 10.0. The third kappa shape index (κ3) is 3.58. The molecule has 0 saturated carbocycles. The van der Waals surface area contributed by atoms with E-state index < -0.39 is 0 Å². The Morgan fingerprint density at radius 3 is 2.19 bits per heavy atom. The van der Waals surface area contributed by atoms with Gasteiger partial charge in [-0.3, -0.25) is 0 Å². The summed E-state index contributed by atoms with van der Waals surface area (Å²) in [6.45, 7) is 2.00. The van der Waals surface area contributed by atoms with E-state index in [2.05, 4.69) is 6.07 Å². The lowest BCUT2D eigenvalue weighted by Gasteiger charge is -2.07. The van der Waals surface area contributed by atoms with Crippen molar-refractivity contribution in [1.29, 1.82) is 5.26 Å². The molecule has 0 unspecified atom stereocenters. The number of benzene rings is 2. The molecule has 0 fully saturated rings. The Bertz CT molecular complexity index is 704. The predicted molar refractivity (Wildman–Crippen MR) is 87.7 cm³/mol. The molecule has 0 radical (unpaired) electrons. The van der Waals surface area contributed by atoms with E-state index in [9.17, 15) is 5.26 Å². The summed E-state index contributed by atoms with van der Waals surface area (Å²) in [4.78, 5) is 0. The maximum atomic E-state index is 9.34. The second kappa shape index (κ2) is 6.67. The molecule has 4 heteroatoms. The SMILES string of the molecule is COc1c(Cl)cc(/C=C(/C#N)c2ccc(C)cc2)cc1Cl. The van der Waals surface area contributed by atoms with Crippen LogP contribution in [-0.2, 0) is 0 Å². The van der Waals surface area contributed by atoms with Crippen LogP contribution in [-0.4, -0.2) is 7.11 Å². The van der Waals surface area contributed by atoms with Gasteiger partial charge in [0.25, 0.3) is 0 Å². The average Bonchev–Trinajstić information content (AvgIpc) is 2.45. The standard InChI is InChI=1S/C17H13Cl2NO/c1-11-3-5-13(6-4-11)14(10-20)7-12-8-15(18)17(21-2)16(19)9-12/h3-9H,1-2H3/b14-7-. The molecule has 0 heterocycles. The van der Waals surface area contributed by atoms with Crippen LogP contribution in [0.1, 0.15) is 16.7 Å². The predicted octanol–water partition coefficient (Wildman–Crippen LogP) is 5.37. The van der Waals surface area contributed by atoms with E-state index in [4.69, 9.17) is 27.9 Å². The molecule has 2 aromatic rings. The van der Waals surface area contributed by atoms with Gasteiger partial charge >= 0.3 is 0 Å². The second-order valence-corrected chi connectivity index (χ2v) is 5.37. The molecule has 0 saturated heterocycles. The van der Waals surface area contributed by atoms with Crippen LogP contribution in [0, 0.1) is 18.3 Å². The maximum absolute atomic E-state index is 9.34. The zero-order valence-corrected chi connectivity index (χ0v) is 13.2. The monoisotopic (exact) mass is 317 g/mol. The molecule has 106 valence electrons. The van der Waals surface area contributed by atoms with Crippen LogP contribution < -0.4 is 4.74 Å². The molecule has 0 N–H and O–H groups in total. The van der Waals surface area contributed by atoms with E-state index in [-0.39, 0.29) is 0 Å². The van der Waals surface area contributed by atoms with Crippen molar-refractivity contribution in [3.05, 3.63) is 63.1 Å². The van der Waals surface area contributed by atoms with Crippen molar-refractivity contribution in [3.63, 3.8) is 0 Å². The quantitative estimate of drug-likeness (QED) is 0.562. The van der Waals surface area contributed by atoms with E-state index in [1.807, 2.05) is 31.2 Å². The lowest BCUT2D eigenvalue weighted by molar-refractivity contribution is 0.415. The van der Waals surface area contributed by atoms with Gasteiger partial charge in [0.2, 0.25) is 0 Å². The number of hydrogen-bond acceptors (Lipinski definition) is 2. The maximum Gasteiger partial charge on any atom is 0.156 e. The summed E-state index contributed by atoms with van der Waals surface area (Å²) >= 11 is 12.2. The summed E-state index contributed by atoms with van der Waals surface area (Å²) < 4.78 is 5.11. The molecular weight excluding hydrogens is 305 g/mol. The molecule has 0 aromatic heterocycles. The molecule has 2 rings (SSSR count). The van der Waals surface area contributed by atoms with Gasteiger partial charge in [-0.15, -0.1) is 0 Å². The molecule has 0 amide bonds. The molecule has 0 bridgehead atoms. The van der Waals surface area contributed by atoms with Crippen LogP contribution in [0.3, 0.4) is 0 Å². The van der Waals surface area contributed by atoms with Crippen molar-refractivity contribution in [2.75, 3.05) is 7.11 Å². The molecule has 2 aromatic carbocycles. The number of aryl methyl sites for hydroxylation is 1. The van der Waals surface area contributed by atoms with Gasteiger partial charge in [-0.05, 0) is 36.3 Å². The van der Waals surface area contributed by atoms with E-state index in [0.29, 0.717) is 21.4 Å². The van der Waals surface area contributed by atoms with Crippen molar-refractivity contribution in [1.82, 2.24) is 0 Å². The van der Waals surface area contributed by atoms with E-state index >= 15 is 0 Å². The van der Waals surface area contributed by atoms with Crippen molar-refractivity contribution in [2.24, 2.45) is 0 Å². The van der Waals surface area contributed by atoms with Crippen LogP contribution in [0.25, 0.3) is 11.6 Å². The smallest absolute Gasteiger partial charge is 0.156 e. The van der Waals surface area contributed by atoms with Crippen molar-refractivity contribution < 1.29 is 4.74 Å². The highest BCUT2D eigenvalue weighted by Crippen LogP contribution is 2.34. The fourth-order valence-corrected chi connectivity index (χ4v) is 2.60. The minimum absolute atomic E-state index is 0.414. The third-order valence-corrected chi connectivity index (χ3v) is 3.58. The number of ether oxygens (including phenoxy) is 1. The minimum atomic E-state index is 0.414. The van der Waals surface area contributed by atoms with E-state index in [1.54, 1.807) is 18.2 Å². The van der Waals surface area contributed by atoms with Crippen molar-refractivity contribution in [2.45, 2.75) is 6.92 Å². The van der Waals surface area contributed by atoms with Crippen molar-refractivity contribution in [3.8, 4) is 11.8 Å². The number of hydrogen-bond donors (Lipinski definition) is 0. The number of rotatable bonds is 3. The number of nitrogens with zero attached hydrogens (tertiary/aromatic N) is 1. The van der Waals surface area contributed by atoms with Crippen LogP contribution in [0.2, 0.25) is 10.0 Å². The normalized spacial score (nSPS) is 11.1. The molecule has 0 spiro atoms. The summed E-state index contributed by atoms with van der Waals surface area (Å²) in [6.07, 6.45) is 1.75. The van der Waals surface area contributed by atoms with Crippen LogP contribution >= 0.6 is 23.2 Å². The number of allylic oxidation sites excluding steroid dienone is 1. The highest BCUT2D eigenvalue weighted by Gasteiger charge is 2.08. The molecule has 0 aliphatic carbocycles. The van der Waals surface area contributed by atoms with Gasteiger partial charge in [-0.25, -0.2) is 0 Å². The summed E-state index contributed by atoms with van der Waals surface area (Å²) in [5, 5.41) is 10.2. The lowest BCUT2D eigenvalue weighted by atomic mass is 10.0. The number of methoxy groups -OCH3 is 1. The van der Waals surface area contributed by atoms with Gasteiger partial charge < -0.3 is 4.74 Å². The molecular formula is C17H13Cl2NO. The largest absolute Gasteiger partial charge is 0.494 e. The van der Waals surface area contributed by atoms with Crippen LogP contribution in [0.15, 0.2) is 36.4 Å². The highest BCUT2D eigenvalue weighted by molar-refractivity contribution is 6.37. The van der Waals surface area contributed by atoms with E-state index in [1.165, 1.54) is 7.11 Å².